The molecule has 2 heterocycles. The zero-order valence-electron chi connectivity index (χ0n) is 10.8. The van der Waals surface area contributed by atoms with Crippen molar-refractivity contribution in [2.75, 3.05) is 19.9 Å². The summed E-state index contributed by atoms with van der Waals surface area (Å²) in [7, 11) is -3.50. The summed E-state index contributed by atoms with van der Waals surface area (Å²) in [6.07, 6.45) is 1.66. The Kier molecular flexibility index (Phi) is 4.43. The van der Waals surface area contributed by atoms with Gasteiger partial charge in [-0.15, -0.1) is 12.4 Å². The van der Waals surface area contributed by atoms with Crippen molar-refractivity contribution in [3.05, 3.63) is 18.2 Å². The molecule has 2 N–H and O–H groups in total. The number of piperidine rings is 1. The number of sulfonamides is 1. The average Bonchev–Trinajstić information content (AvgIpc) is 2.85. The molecule has 0 spiro atoms. The molecule has 0 bridgehead atoms. The second-order valence-corrected chi connectivity index (χ2v) is 6.72. The molecule has 1 atom stereocenters. The van der Waals surface area contributed by atoms with E-state index in [0.29, 0.717) is 24.6 Å². The predicted molar refractivity (Wildman–Crippen MR) is 75.8 cm³/mol. The highest BCUT2D eigenvalue weighted by Gasteiger charge is 2.30. The van der Waals surface area contributed by atoms with E-state index in [9.17, 15) is 8.42 Å². The van der Waals surface area contributed by atoms with Gasteiger partial charge >= 0.3 is 0 Å². The Morgan fingerprint density at radius 2 is 2.00 bits per heavy atom. The SMILES string of the molecule is Cl.NC1CCCN(S(=O)(=O)c2ccc3c(c2)OCO3)C1. The third kappa shape index (κ3) is 2.71. The number of hydrogen-bond donors (Lipinski definition) is 1. The normalized spacial score (nSPS) is 22.4. The molecule has 2 aliphatic rings. The van der Waals surface area contributed by atoms with E-state index in [4.69, 9.17) is 15.2 Å². The lowest BCUT2D eigenvalue weighted by Crippen LogP contribution is -2.45. The molecule has 1 aromatic rings. The fraction of sp³-hybridized carbons (Fsp3) is 0.500. The maximum Gasteiger partial charge on any atom is 0.243 e. The minimum atomic E-state index is -3.50. The molecule has 1 saturated heterocycles. The van der Waals surface area contributed by atoms with E-state index in [0.717, 1.165) is 12.8 Å². The van der Waals surface area contributed by atoms with Crippen LogP contribution in [0.15, 0.2) is 23.1 Å². The van der Waals surface area contributed by atoms with E-state index in [1.165, 1.54) is 10.4 Å². The van der Waals surface area contributed by atoms with E-state index < -0.39 is 10.0 Å². The first-order chi connectivity index (χ1) is 9.07. The summed E-state index contributed by atoms with van der Waals surface area (Å²) in [5.41, 5.74) is 5.84. The highest BCUT2D eigenvalue weighted by Crippen LogP contribution is 2.34. The molecule has 1 unspecified atom stereocenters. The number of rotatable bonds is 2. The van der Waals surface area contributed by atoms with Gasteiger partial charge in [-0.05, 0) is 25.0 Å². The van der Waals surface area contributed by atoms with Gasteiger partial charge < -0.3 is 15.2 Å². The number of hydrogen-bond acceptors (Lipinski definition) is 5. The smallest absolute Gasteiger partial charge is 0.243 e. The van der Waals surface area contributed by atoms with E-state index >= 15 is 0 Å². The van der Waals surface area contributed by atoms with Gasteiger partial charge in [0, 0.05) is 25.2 Å². The average molecular weight is 321 g/mol. The van der Waals surface area contributed by atoms with Gasteiger partial charge in [-0.2, -0.15) is 4.31 Å². The molecule has 1 fully saturated rings. The van der Waals surface area contributed by atoms with Gasteiger partial charge in [0.25, 0.3) is 0 Å². The van der Waals surface area contributed by atoms with Crippen LogP contribution in [0.5, 0.6) is 11.5 Å². The summed E-state index contributed by atoms with van der Waals surface area (Å²) >= 11 is 0. The van der Waals surface area contributed by atoms with Crippen LogP contribution in [0, 0.1) is 0 Å². The molecule has 2 aliphatic heterocycles. The Bertz CT molecular complexity index is 593. The number of nitrogens with zero attached hydrogens (tertiary/aromatic N) is 1. The Morgan fingerprint density at radius 1 is 1.25 bits per heavy atom. The van der Waals surface area contributed by atoms with Crippen LogP contribution < -0.4 is 15.2 Å². The molecule has 0 amide bonds. The lowest BCUT2D eigenvalue weighted by Gasteiger charge is -2.29. The third-order valence-corrected chi connectivity index (χ3v) is 5.26. The molecule has 8 heteroatoms. The van der Waals surface area contributed by atoms with E-state index in [1.54, 1.807) is 12.1 Å². The molecule has 6 nitrogen and oxygen atoms in total. The van der Waals surface area contributed by atoms with Crippen LogP contribution >= 0.6 is 12.4 Å². The van der Waals surface area contributed by atoms with Gasteiger partial charge in [0.15, 0.2) is 11.5 Å². The second kappa shape index (κ2) is 5.77. The predicted octanol–water partition coefficient (Wildman–Crippen LogP) is 0.949. The van der Waals surface area contributed by atoms with Crippen LogP contribution in [0.1, 0.15) is 12.8 Å². The maximum absolute atomic E-state index is 12.5. The van der Waals surface area contributed by atoms with Crippen molar-refractivity contribution in [2.45, 2.75) is 23.8 Å². The molecular formula is C12H17ClN2O4S. The molecular weight excluding hydrogens is 304 g/mol. The fourth-order valence-electron chi connectivity index (χ4n) is 2.38. The summed E-state index contributed by atoms with van der Waals surface area (Å²) in [4.78, 5) is 0.228. The fourth-order valence-corrected chi connectivity index (χ4v) is 3.93. The van der Waals surface area contributed by atoms with Gasteiger partial charge in [0.05, 0.1) is 4.90 Å². The van der Waals surface area contributed by atoms with Crippen LogP contribution in [0.2, 0.25) is 0 Å². The number of nitrogens with two attached hydrogens (primary N) is 1. The first kappa shape index (κ1) is 15.4. The molecule has 1 aromatic carbocycles. The Hall–Kier alpha value is -1.02. The molecule has 3 rings (SSSR count). The number of ether oxygens (including phenoxy) is 2. The minimum absolute atomic E-state index is 0. The Morgan fingerprint density at radius 3 is 2.75 bits per heavy atom. The molecule has 20 heavy (non-hydrogen) atoms. The van der Waals surface area contributed by atoms with Crippen LogP contribution in [0.3, 0.4) is 0 Å². The standard InChI is InChI=1S/C12H16N2O4S.ClH/c13-9-2-1-5-14(7-9)19(15,16)10-3-4-11-12(6-10)18-8-17-11;/h3-4,6,9H,1-2,5,7-8,13H2;1H. The molecule has 0 saturated carbocycles. The minimum Gasteiger partial charge on any atom is -0.454 e. The highest BCUT2D eigenvalue weighted by molar-refractivity contribution is 7.89. The van der Waals surface area contributed by atoms with Gasteiger partial charge in [-0.25, -0.2) is 8.42 Å². The number of benzene rings is 1. The van der Waals surface area contributed by atoms with Gasteiger partial charge in [-0.1, -0.05) is 0 Å². The van der Waals surface area contributed by atoms with E-state index in [-0.39, 0.29) is 30.1 Å². The third-order valence-electron chi connectivity index (χ3n) is 3.40. The van der Waals surface area contributed by atoms with Crippen molar-refractivity contribution in [2.24, 2.45) is 5.73 Å². The largest absolute Gasteiger partial charge is 0.454 e. The lowest BCUT2D eigenvalue weighted by molar-refractivity contribution is 0.174. The van der Waals surface area contributed by atoms with Crippen LogP contribution in [-0.2, 0) is 10.0 Å². The first-order valence-corrected chi connectivity index (χ1v) is 7.67. The Balaban J connectivity index is 0.00000147. The molecule has 112 valence electrons. The summed E-state index contributed by atoms with van der Waals surface area (Å²) in [6.45, 7) is 1.02. The lowest BCUT2D eigenvalue weighted by atomic mass is 10.1. The summed E-state index contributed by atoms with van der Waals surface area (Å²) in [5.74, 6) is 1.05. The van der Waals surface area contributed by atoms with E-state index in [2.05, 4.69) is 0 Å². The van der Waals surface area contributed by atoms with Crippen molar-refractivity contribution in [3.63, 3.8) is 0 Å². The van der Waals surface area contributed by atoms with Crippen LogP contribution in [-0.4, -0.2) is 38.6 Å². The number of fused-ring (bicyclic) bond motifs is 1. The molecule has 0 radical (unpaired) electrons. The van der Waals surface area contributed by atoms with Crippen molar-refractivity contribution >= 4 is 22.4 Å². The zero-order valence-corrected chi connectivity index (χ0v) is 12.5. The number of halogens is 1. The topological polar surface area (TPSA) is 81.9 Å². The van der Waals surface area contributed by atoms with Gasteiger partial charge in [0.2, 0.25) is 16.8 Å². The summed E-state index contributed by atoms with van der Waals surface area (Å²) in [6, 6.07) is 4.59. The van der Waals surface area contributed by atoms with Crippen molar-refractivity contribution < 1.29 is 17.9 Å². The quantitative estimate of drug-likeness (QED) is 0.877. The zero-order chi connectivity index (χ0) is 13.5. The Labute approximate surface area is 124 Å². The van der Waals surface area contributed by atoms with Gasteiger partial charge in [0.1, 0.15) is 0 Å². The second-order valence-electron chi connectivity index (χ2n) is 4.78. The van der Waals surface area contributed by atoms with Crippen molar-refractivity contribution in [1.29, 1.82) is 0 Å². The molecule has 0 aromatic heterocycles. The van der Waals surface area contributed by atoms with E-state index in [1.807, 2.05) is 0 Å². The van der Waals surface area contributed by atoms with Crippen molar-refractivity contribution in [1.82, 2.24) is 4.31 Å². The maximum atomic E-state index is 12.5. The van der Waals surface area contributed by atoms with Crippen LogP contribution in [0.25, 0.3) is 0 Å². The molecule has 0 aliphatic carbocycles. The summed E-state index contributed by atoms with van der Waals surface area (Å²) < 4.78 is 36.8. The first-order valence-electron chi connectivity index (χ1n) is 6.23. The highest BCUT2D eigenvalue weighted by atomic mass is 35.5. The van der Waals surface area contributed by atoms with Gasteiger partial charge in [-0.3, -0.25) is 0 Å². The summed E-state index contributed by atoms with van der Waals surface area (Å²) in [5, 5.41) is 0. The monoisotopic (exact) mass is 320 g/mol. The van der Waals surface area contributed by atoms with Crippen LogP contribution in [0.4, 0.5) is 0 Å². The van der Waals surface area contributed by atoms with Crippen molar-refractivity contribution in [3.8, 4) is 11.5 Å².